The van der Waals surface area contributed by atoms with Gasteiger partial charge < -0.3 is 0 Å². The van der Waals surface area contributed by atoms with Gasteiger partial charge in [-0.25, -0.2) is 0 Å². The van der Waals surface area contributed by atoms with Crippen LogP contribution in [0.1, 0.15) is 98.0 Å². The van der Waals surface area contributed by atoms with Crippen LogP contribution in [0.25, 0.3) is 10.8 Å². The molecule has 0 aliphatic heterocycles. The van der Waals surface area contributed by atoms with Gasteiger partial charge in [0.25, 0.3) is 0 Å². The highest BCUT2D eigenvalue weighted by atomic mass is 19.4. The number of rotatable bonds is 8. The van der Waals surface area contributed by atoms with Gasteiger partial charge in [0.15, 0.2) is 23.2 Å². The van der Waals surface area contributed by atoms with Crippen LogP contribution in [-0.2, 0) is 55.8 Å². The van der Waals surface area contributed by atoms with Gasteiger partial charge in [-0.3, -0.25) is 4.79 Å². The fraction of sp³-hybridized carbons (Fsp3) is 0.273. The number of aromatic nitrogens is 1. The molecule has 0 bridgehead atoms. The molecule has 27 heteroatoms. The molecule has 6 aromatic carbocycles. The Balaban J connectivity index is 0.000000318. The predicted octanol–water partition coefficient (Wildman–Crippen LogP) is 16.2. The third kappa shape index (κ3) is 13.5. The fourth-order valence-electron chi connectivity index (χ4n) is 10.3. The van der Waals surface area contributed by atoms with Gasteiger partial charge in [-0.05, 0) is 48.6 Å². The SMILES string of the molecule is Cc1cc2ccccc2c(CC(=O)c2ccccc2)[n+]1C1CCCC1.FC(F)(F)c1cc([B-](c2cc(C(F)(F)F)cc(C(F)(F)F)c2)(c2cc(C(F)(F)F)cc(C(F)(F)F)c2)c2cc(C(F)(F)F)cc(C(F)(F)F)c2)cc(C(F)(F)F)c1. The van der Waals surface area contributed by atoms with Crippen LogP contribution in [0.3, 0.4) is 0 Å². The second kappa shape index (κ2) is 21.8. The number of pyridine rings is 1. The van der Waals surface area contributed by atoms with Gasteiger partial charge in [0.1, 0.15) is 6.15 Å². The Labute approximate surface area is 447 Å². The maximum absolute atomic E-state index is 14.2. The number of carbonyl (C=O) groups is 1. The molecule has 438 valence electrons. The van der Waals surface area contributed by atoms with Crippen molar-refractivity contribution in [3.05, 3.63) is 195 Å². The number of benzene rings is 6. The van der Waals surface area contributed by atoms with E-state index in [4.69, 9.17) is 0 Å². The molecule has 0 unspecified atom stereocenters. The zero-order chi connectivity index (χ0) is 61.1. The van der Waals surface area contributed by atoms with Crippen LogP contribution in [0.5, 0.6) is 0 Å². The largest absolute Gasteiger partial charge is 0.416 e. The van der Waals surface area contributed by atoms with Gasteiger partial charge in [0, 0.05) is 36.8 Å². The average Bonchev–Trinajstić information content (AvgIpc) is 2.24. The van der Waals surface area contributed by atoms with Gasteiger partial charge in [-0.1, -0.05) is 97.1 Å². The first-order chi connectivity index (χ1) is 37.5. The number of hydrogen-bond acceptors (Lipinski definition) is 1. The Morgan fingerprint density at radius 1 is 0.402 bits per heavy atom. The molecule has 82 heavy (non-hydrogen) atoms. The molecule has 7 aromatic rings. The second-order valence-electron chi connectivity index (χ2n) is 19.3. The van der Waals surface area contributed by atoms with Crippen LogP contribution >= 0.6 is 0 Å². The molecule has 2 nitrogen and oxygen atoms in total. The van der Waals surface area contributed by atoms with Crippen LogP contribution in [-0.4, -0.2) is 11.9 Å². The second-order valence-corrected chi connectivity index (χ2v) is 19.3. The van der Waals surface area contributed by atoms with Crippen LogP contribution < -0.4 is 26.4 Å². The standard InChI is InChI=1S/C32H12BF24.C23H24NO/c34-25(35,36)13-1-14(26(37,38)39)6-21(5-13)33(22-7-15(27(40,41)42)2-16(8-22)28(43,44)45,23-9-17(29(46,47)48)3-18(10-23)30(49,50)51)24-11-19(31(52,53)54)4-20(12-24)32(55,56)57;1-17-15-19-11-5-8-14-21(19)22(24(17)20-12-6-7-13-20)16-23(25)18-9-3-2-4-10-18/h1-12H;2-5,8-11,14-15,20H,6-7,12-13,16H2,1H3/q-1;+1. The number of carbonyl (C=O) groups excluding carboxylic acids is 1. The minimum absolute atomic E-state index is 0.197. The number of halogens is 24. The van der Waals surface area contributed by atoms with Gasteiger partial charge in [-0.15, -0.1) is 0 Å². The van der Waals surface area contributed by atoms with Crippen molar-refractivity contribution in [2.24, 2.45) is 0 Å². The van der Waals surface area contributed by atoms with Crippen LogP contribution in [0.2, 0.25) is 0 Å². The summed E-state index contributed by atoms with van der Waals surface area (Å²) in [7, 11) is 0. The average molecular weight is 1190 g/mol. The van der Waals surface area contributed by atoms with Crippen molar-refractivity contribution in [2.45, 2.75) is 94.5 Å². The van der Waals surface area contributed by atoms with E-state index in [1.165, 1.54) is 47.8 Å². The van der Waals surface area contributed by atoms with Crippen molar-refractivity contribution in [2.75, 3.05) is 0 Å². The number of hydrogen-bond donors (Lipinski definition) is 0. The van der Waals surface area contributed by atoms with Gasteiger partial charge >= 0.3 is 49.4 Å². The van der Waals surface area contributed by atoms with Crippen LogP contribution in [0, 0.1) is 6.92 Å². The lowest BCUT2D eigenvalue weighted by Gasteiger charge is -2.46. The van der Waals surface area contributed by atoms with E-state index in [0.29, 0.717) is 12.5 Å². The summed E-state index contributed by atoms with van der Waals surface area (Å²) in [5.41, 5.74) is -27.0. The van der Waals surface area contributed by atoms with Crippen molar-refractivity contribution in [3.63, 3.8) is 0 Å². The first-order valence-electron chi connectivity index (χ1n) is 23.9. The molecule has 1 aromatic heterocycles. The van der Waals surface area contributed by atoms with Crippen LogP contribution in [0.15, 0.2) is 133 Å². The van der Waals surface area contributed by atoms with Crippen molar-refractivity contribution in [1.29, 1.82) is 0 Å². The number of Topliss-reactive ketones (excluding diaryl/α,β-unsaturated/α-hetero) is 1. The van der Waals surface area contributed by atoms with E-state index in [9.17, 15) is 110 Å². The van der Waals surface area contributed by atoms with E-state index in [1.807, 2.05) is 30.3 Å². The third-order valence-corrected chi connectivity index (χ3v) is 13.9. The molecule has 0 saturated heterocycles. The van der Waals surface area contributed by atoms with Crippen molar-refractivity contribution < 1.29 is 115 Å². The molecule has 1 saturated carbocycles. The van der Waals surface area contributed by atoms with Gasteiger partial charge in [0.2, 0.25) is 0 Å². The Hall–Kier alpha value is -7.22. The first-order valence-corrected chi connectivity index (χ1v) is 23.9. The fourth-order valence-corrected chi connectivity index (χ4v) is 10.3. The van der Waals surface area contributed by atoms with E-state index in [-0.39, 0.29) is 5.78 Å². The van der Waals surface area contributed by atoms with Gasteiger partial charge in [-0.2, -0.15) is 132 Å². The zero-order valence-corrected chi connectivity index (χ0v) is 41.3. The molecular formula is C55H36BF24NO. The lowest BCUT2D eigenvalue weighted by atomic mass is 9.12. The summed E-state index contributed by atoms with van der Waals surface area (Å²) in [6.07, 6.45) is -49.3. The highest BCUT2D eigenvalue weighted by Gasteiger charge is 2.47. The Morgan fingerprint density at radius 2 is 0.683 bits per heavy atom. The molecule has 1 fully saturated rings. The summed E-state index contributed by atoms with van der Waals surface area (Å²) in [5.74, 6) is 0.197. The van der Waals surface area contributed by atoms with E-state index in [0.717, 1.165) is 5.56 Å². The quantitative estimate of drug-likeness (QED) is 0.0643. The predicted molar refractivity (Wildman–Crippen MR) is 251 cm³/mol. The van der Waals surface area contributed by atoms with E-state index < -0.39 is 195 Å². The molecular weight excluding hydrogens is 1160 g/mol. The number of alkyl halides is 24. The Morgan fingerprint density at radius 3 is 0.976 bits per heavy atom. The molecule has 8 rings (SSSR count). The Kier molecular flexibility index (Phi) is 16.6. The van der Waals surface area contributed by atoms with E-state index >= 15 is 0 Å². The first kappa shape index (κ1) is 62.4. The third-order valence-electron chi connectivity index (χ3n) is 13.9. The normalized spacial score (nSPS) is 14.5. The highest BCUT2D eigenvalue weighted by molar-refractivity contribution is 7.20. The number of aryl methyl sites for hydroxylation is 1. The summed E-state index contributed by atoms with van der Waals surface area (Å²) in [4.78, 5) is 12.9. The Bertz CT molecular complexity index is 3050. The highest BCUT2D eigenvalue weighted by Crippen LogP contribution is 2.42. The minimum Gasteiger partial charge on any atom is -0.294 e. The molecule has 1 heterocycles. The number of ketones is 1. The topological polar surface area (TPSA) is 20.9 Å². The summed E-state index contributed by atoms with van der Waals surface area (Å²) in [5, 5.41) is 2.44. The molecule has 0 amide bonds. The maximum atomic E-state index is 14.2. The molecule has 1 aliphatic rings. The monoisotopic (exact) mass is 1190 g/mol. The maximum Gasteiger partial charge on any atom is 0.416 e. The number of fused-ring (bicyclic) bond motifs is 1. The van der Waals surface area contributed by atoms with E-state index in [2.05, 4.69) is 41.8 Å². The van der Waals surface area contributed by atoms with Crippen molar-refractivity contribution in [1.82, 2.24) is 0 Å². The van der Waals surface area contributed by atoms with E-state index in [1.54, 1.807) is 0 Å². The number of nitrogens with zero attached hydrogens (tertiary/aromatic N) is 1. The zero-order valence-electron chi connectivity index (χ0n) is 41.3. The summed E-state index contributed by atoms with van der Waals surface area (Å²) in [6, 6.07) is 12.1. The lowest BCUT2D eigenvalue weighted by Crippen LogP contribution is -2.75. The lowest BCUT2D eigenvalue weighted by molar-refractivity contribution is -0.732. The molecule has 0 atom stereocenters. The molecule has 1 aliphatic carbocycles. The van der Waals surface area contributed by atoms with Crippen LogP contribution in [0.4, 0.5) is 105 Å². The molecule has 0 N–H and O–H groups in total. The summed E-state index contributed by atoms with van der Waals surface area (Å²) < 4.78 is 343. The summed E-state index contributed by atoms with van der Waals surface area (Å²) in [6.45, 7) is 2.18. The molecule has 0 spiro atoms. The molecule has 0 radical (unpaired) electrons. The smallest absolute Gasteiger partial charge is 0.294 e. The van der Waals surface area contributed by atoms with Crippen molar-refractivity contribution >= 4 is 44.6 Å². The summed E-state index contributed by atoms with van der Waals surface area (Å²) >= 11 is 0. The minimum atomic E-state index is -6.13. The van der Waals surface area contributed by atoms with Crippen molar-refractivity contribution in [3.8, 4) is 0 Å². The van der Waals surface area contributed by atoms with Gasteiger partial charge in [0.05, 0.1) is 50.9 Å².